The van der Waals surface area contributed by atoms with Crippen molar-refractivity contribution in [1.29, 1.82) is 5.26 Å². The van der Waals surface area contributed by atoms with Crippen molar-refractivity contribution in [1.82, 2.24) is 9.80 Å². The SMILES string of the molecule is Cc1cccc(C(=O)N2CCCN(C(=O)Nc3ccc(C#N)cc3)CC2)c1. The average molecular weight is 362 g/mol. The van der Waals surface area contributed by atoms with Gasteiger partial charge >= 0.3 is 6.03 Å². The number of benzene rings is 2. The van der Waals surface area contributed by atoms with E-state index in [4.69, 9.17) is 5.26 Å². The van der Waals surface area contributed by atoms with E-state index in [1.165, 1.54) is 0 Å². The zero-order valence-corrected chi connectivity index (χ0v) is 15.3. The van der Waals surface area contributed by atoms with E-state index >= 15 is 0 Å². The normalized spacial score (nSPS) is 14.2. The minimum absolute atomic E-state index is 0.00745. The summed E-state index contributed by atoms with van der Waals surface area (Å²) in [6, 6.07) is 16.2. The number of urea groups is 1. The molecular formula is C21H22N4O2. The minimum atomic E-state index is -0.190. The minimum Gasteiger partial charge on any atom is -0.337 e. The van der Waals surface area contributed by atoms with Gasteiger partial charge in [-0.1, -0.05) is 17.7 Å². The van der Waals surface area contributed by atoms with Crippen LogP contribution in [0.25, 0.3) is 0 Å². The molecule has 1 aliphatic heterocycles. The summed E-state index contributed by atoms with van der Waals surface area (Å²) in [4.78, 5) is 28.8. The summed E-state index contributed by atoms with van der Waals surface area (Å²) in [5, 5.41) is 11.7. The number of carbonyl (C=O) groups is 2. The fourth-order valence-electron chi connectivity index (χ4n) is 3.11. The van der Waals surface area contributed by atoms with Gasteiger partial charge in [0.15, 0.2) is 0 Å². The van der Waals surface area contributed by atoms with Gasteiger partial charge in [-0.05, 0) is 49.7 Å². The van der Waals surface area contributed by atoms with Gasteiger partial charge in [0.25, 0.3) is 5.91 Å². The van der Waals surface area contributed by atoms with Crippen molar-refractivity contribution in [3.05, 3.63) is 65.2 Å². The number of rotatable bonds is 2. The van der Waals surface area contributed by atoms with E-state index in [0.717, 1.165) is 12.0 Å². The summed E-state index contributed by atoms with van der Waals surface area (Å²) in [7, 11) is 0. The van der Waals surface area contributed by atoms with Crippen molar-refractivity contribution in [3.63, 3.8) is 0 Å². The first-order valence-corrected chi connectivity index (χ1v) is 8.99. The lowest BCUT2D eigenvalue weighted by Gasteiger charge is -2.22. The van der Waals surface area contributed by atoms with E-state index in [1.807, 2.05) is 36.1 Å². The molecule has 1 saturated heterocycles. The van der Waals surface area contributed by atoms with E-state index in [1.54, 1.807) is 29.2 Å². The molecule has 27 heavy (non-hydrogen) atoms. The summed E-state index contributed by atoms with van der Waals surface area (Å²) in [5.41, 5.74) is 2.94. The summed E-state index contributed by atoms with van der Waals surface area (Å²) in [6.45, 7) is 4.19. The number of anilines is 1. The van der Waals surface area contributed by atoms with Crippen molar-refractivity contribution in [2.75, 3.05) is 31.5 Å². The van der Waals surface area contributed by atoms with Crippen LogP contribution < -0.4 is 5.32 Å². The fraction of sp³-hybridized carbons (Fsp3) is 0.286. The Kier molecular flexibility index (Phi) is 5.72. The molecule has 0 spiro atoms. The molecule has 6 nitrogen and oxygen atoms in total. The highest BCUT2D eigenvalue weighted by Crippen LogP contribution is 2.13. The first-order chi connectivity index (χ1) is 13.1. The molecule has 1 fully saturated rings. The first kappa shape index (κ1) is 18.5. The largest absolute Gasteiger partial charge is 0.337 e. The summed E-state index contributed by atoms with van der Waals surface area (Å²) in [5.74, 6) is 0.00745. The number of nitriles is 1. The standard InChI is InChI=1S/C21H22N4O2/c1-16-4-2-5-18(14-16)20(26)24-10-3-11-25(13-12-24)21(27)23-19-8-6-17(15-22)7-9-19/h2,4-9,14H,3,10-13H2,1H3,(H,23,27). The van der Waals surface area contributed by atoms with Crippen LogP contribution in [0.2, 0.25) is 0 Å². The van der Waals surface area contributed by atoms with E-state index in [0.29, 0.717) is 43.0 Å². The number of nitrogens with one attached hydrogen (secondary N) is 1. The second-order valence-electron chi connectivity index (χ2n) is 6.62. The number of hydrogen-bond acceptors (Lipinski definition) is 3. The van der Waals surface area contributed by atoms with Gasteiger partial charge in [-0.15, -0.1) is 0 Å². The summed E-state index contributed by atoms with van der Waals surface area (Å²) in [6.07, 6.45) is 0.734. The van der Waals surface area contributed by atoms with Gasteiger partial charge in [-0.25, -0.2) is 4.79 Å². The maximum absolute atomic E-state index is 12.7. The Labute approximate surface area is 159 Å². The predicted octanol–water partition coefficient (Wildman–Crippen LogP) is 3.25. The van der Waals surface area contributed by atoms with Gasteiger partial charge in [0.1, 0.15) is 0 Å². The average Bonchev–Trinajstić information content (AvgIpc) is 2.94. The molecule has 0 radical (unpaired) electrons. The third-order valence-corrected chi connectivity index (χ3v) is 4.60. The van der Waals surface area contributed by atoms with Crippen LogP contribution in [0.4, 0.5) is 10.5 Å². The molecule has 0 aromatic heterocycles. The van der Waals surface area contributed by atoms with Gasteiger partial charge < -0.3 is 15.1 Å². The second kappa shape index (κ2) is 8.37. The van der Waals surface area contributed by atoms with E-state index in [9.17, 15) is 9.59 Å². The number of hydrogen-bond donors (Lipinski definition) is 1. The number of nitrogens with zero attached hydrogens (tertiary/aromatic N) is 3. The summed E-state index contributed by atoms with van der Waals surface area (Å²) < 4.78 is 0. The maximum Gasteiger partial charge on any atom is 0.321 e. The topological polar surface area (TPSA) is 76.4 Å². The van der Waals surface area contributed by atoms with Crippen LogP contribution in [0, 0.1) is 18.3 Å². The molecular weight excluding hydrogens is 340 g/mol. The van der Waals surface area contributed by atoms with Crippen molar-refractivity contribution in [2.24, 2.45) is 0 Å². The van der Waals surface area contributed by atoms with Gasteiger partial charge in [-0.3, -0.25) is 4.79 Å². The number of amides is 3. The third kappa shape index (κ3) is 4.64. The van der Waals surface area contributed by atoms with Crippen LogP contribution in [0.1, 0.15) is 27.9 Å². The van der Waals surface area contributed by atoms with Crippen LogP contribution in [0.3, 0.4) is 0 Å². The molecule has 0 bridgehead atoms. The fourth-order valence-corrected chi connectivity index (χ4v) is 3.11. The highest BCUT2D eigenvalue weighted by molar-refractivity contribution is 5.94. The molecule has 0 aliphatic carbocycles. The third-order valence-electron chi connectivity index (χ3n) is 4.60. The molecule has 0 saturated carbocycles. The van der Waals surface area contributed by atoms with Gasteiger partial charge in [0.05, 0.1) is 11.6 Å². The number of aryl methyl sites for hydroxylation is 1. The first-order valence-electron chi connectivity index (χ1n) is 8.99. The smallest absolute Gasteiger partial charge is 0.321 e. The maximum atomic E-state index is 12.7. The van der Waals surface area contributed by atoms with Gasteiger partial charge in [0, 0.05) is 37.4 Å². The zero-order chi connectivity index (χ0) is 19.2. The zero-order valence-electron chi connectivity index (χ0n) is 15.3. The summed E-state index contributed by atoms with van der Waals surface area (Å²) >= 11 is 0. The molecule has 1 N–H and O–H groups in total. The van der Waals surface area contributed by atoms with E-state index in [-0.39, 0.29) is 11.9 Å². The molecule has 2 aromatic carbocycles. The Bertz CT molecular complexity index is 870. The van der Waals surface area contributed by atoms with Crippen molar-refractivity contribution < 1.29 is 9.59 Å². The Morgan fingerprint density at radius 1 is 1.00 bits per heavy atom. The highest BCUT2D eigenvalue weighted by Gasteiger charge is 2.23. The van der Waals surface area contributed by atoms with Crippen LogP contribution in [-0.4, -0.2) is 47.9 Å². The molecule has 0 atom stereocenters. The quantitative estimate of drug-likeness (QED) is 0.891. The molecule has 3 amide bonds. The van der Waals surface area contributed by atoms with Gasteiger partial charge in [-0.2, -0.15) is 5.26 Å². The Morgan fingerprint density at radius 3 is 2.41 bits per heavy atom. The molecule has 6 heteroatoms. The van der Waals surface area contributed by atoms with Crippen molar-refractivity contribution in [3.8, 4) is 6.07 Å². The van der Waals surface area contributed by atoms with E-state index in [2.05, 4.69) is 11.4 Å². The van der Waals surface area contributed by atoms with Gasteiger partial charge in [0.2, 0.25) is 0 Å². The molecule has 0 unspecified atom stereocenters. The lowest BCUT2D eigenvalue weighted by Crippen LogP contribution is -2.39. The monoisotopic (exact) mass is 362 g/mol. The van der Waals surface area contributed by atoms with Crippen molar-refractivity contribution in [2.45, 2.75) is 13.3 Å². The lowest BCUT2D eigenvalue weighted by atomic mass is 10.1. The van der Waals surface area contributed by atoms with E-state index < -0.39 is 0 Å². The second-order valence-corrected chi connectivity index (χ2v) is 6.62. The van der Waals surface area contributed by atoms with Crippen LogP contribution >= 0.6 is 0 Å². The van der Waals surface area contributed by atoms with Crippen LogP contribution in [0.15, 0.2) is 48.5 Å². The lowest BCUT2D eigenvalue weighted by molar-refractivity contribution is 0.0762. The van der Waals surface area contributed by atoms with Crippen molar-refractivity contribution >= 4 is 17.6 Å². The Hall–Kier alpha value is -3.33. The number of carbonyl (C=O) groups excluding carboxylic acids is 2. The molecule has 3 rings (SSSR count). The van der Waals surface area contributed by atoms with Crippen LogP contribution in [0.5, 0.6) is 0 Å². The highest BCUT2D eigenvalue weighted by atomic mass is 16.2. The predicted molar refractivity (Wildman–Crippen MR) is 103 cm³/mol. The molecule has 138 valence electrons. The van der Waals surface area contributed by atoms with Crippen LogP contribution in [-0.2, 0) is 0 Å². The molecule has 1 heterocycles. The molecule has 1 aliphatic rings. The Morgan fingerprint density at radius 2 is 1.70 bits per heavy atom. The Balaban J connectivity index is 1.59. The molecule has 2 aromatic rings.